The first kappa shape index (κ1) is 18.9. The number of carbonyl (C=O) groups is 1. The maximum Gasteiger partial charge on any atom is 0.240 e. The number of likely N-dealkylation sites (N-methyl/N-ethyl adjacent to an activating group) is 1. The second-order valence-electron chi connectivity index (χ2n) is 6.94. The molecule has 0 unspecified atom stereocenters. The summed E-state index contributed by atoms with van der Waals surface area (Å²) in [6.45, 7) is 12.2. The number of imidazole rings is 1. The quantitative estimate of drug-likeness (QED) is 0.731. The molecule has 2 aromatic rings. The number of para-hydroxylation sites is 2. The molecule has 0 aliphatic carbocycles. The molecule has 0 spiro atoms. The van der Waals surface area contributed by atoms with Crippen LogP contribution in [0.4, 0.5) is 0 Å². The van der Waals surface area contributed by atoms with Gasteiger partial charge in [0.2, 0.25) is 5.91 Å². The first-order chi connectivity index (χ1) is 12.7. The van der Waals surface area contributed by atoms with Crippen LogP contribution in [0.3, 0.4) is 0 Å². The molecule has 26 heavy (non-hydrogen) atoms. The predicted octanol–water partition coefficient (Wildman–Crippen LogP) is 1.74. The summed E-state index contributed by atoms with van der Waals surface area (Å²) < 4.78 is 2.04. The van der Waals surface area contributed by atoms with Crippen molar-refractivity contribution in [1.82, 2.24) is 24.7 Å². The third-order valence-electron chi connectivity index (χ3n) is 5.24. The van der Waals surface area contributed by atoms with E-state index in [4.69, 9.17) is 0 Å². The van der Waals surface area contributed by atoms with Gasteiger partial charge in [0.05, 0.1) is 11.0 Å². The Morgan fingerprint density at radius 3 is 2.58 bits per heavy atom. The molecule has 1 aromatic heterocycles. The van der Waals surface area contributed by atoms with Gasteiger partial charge in [-0.15, -0.1) is 0 Å². The van der Waals surface area contributed by atoms with Crippen molar-refractivity contribution in [3.63, 3.8) is 0 Å². The number of hydrogen-bond acceptors (Lipinski definition) is 4. The normalized spacial score (nSPS) is 16.2. The van der Waals surface area contributed by atoms with Crippen LogP contribution in [-0.2, 0) is 17.8 Å². The number of nitrogens with zero attached hydrogens (tertiary/aromatic N) is 4. The number of amides is 1. The van der Waals surface area contributed by atoms with Gasteiger partial charge in [-0.2, -0.15) is 0 Å². The van der Waals surface area contributed by atoms with Gasteiger partial charge in [0.1, 0.15) is 12.4 Å². The van der Waals surface area contributed by atoms with E-state index in [1.807, 2.05) is 28.8 Å². The van der Waals surface area contributed by atoms with Gasteiger partial charge in [-0.25, -0.2) is 4.98 Å². The molecule has 6 heteroatoms. The highest BCUT2D eigenvalue weighted by Crippen LogP contribution is 2.16. The Hall–Kier alpha value is -1.92. The third kappa shape index (κ3) is 4.62. The molecular formula is C20H31N5O. The average Bonchev–Trinajstić information content (AvgIpc) is 3.03. The van der Waals surface area contributed by atoms with Crippen molar-refractivity contribution in [3.8, 4) is 0 Å². The highest BCUT2D eigenvalue weighted by Gasteiger charge is 2.15. The molecule has 1 aliphatic heterocycles. The lowest BCUT2D eigenvalue weighted by Gasteiger charge is -2.33. The van der Waals surface area contributed by atoms with Gasteiger partial charge < -0.3 is 19.7 Å². The van der Waals surface area contributed by atoms with E-state index in [-0.39, 0.29) is 5.91 Å². The Morgan fingerprint density at radius 2 is 1.85 bits per heavy atom. The summed E-state index contributed by atoms with van der Waals surface area (Å²) in [5, 5.41) is 3.07. The summed E-state index contributed by atoms with van der Waals surface area (Å²) in [6, 6.07) is 8.02. The second-order valence-corrected chi connectivity index (χ2v) is 6.94. The number of fused-ring (bicyclic) bond motifs is 1. The minimum atomic E-state index is 0.0682. The fourth-order valence-electron chi connectivity index (χ4n) is 3.63. The summed E-state index contributed by atoms with van der Waals surface area (Å²) in [5.41, 5.74) is 2.00. The number of nitrogens with one attached hydrogen (secondary N) is 1. The SMILES string of the molecule is CCc1nc2ccccc2n1CC(=O)NCCCN1CCN(CC)CC1. The molecule has 0 bridgehead atoms. The van der Waals surface area contributed by atoms with E-state index in [1.54, 1.807) is 0 Å². The first-order valence-corrected chi connectivity index (χ1v) is 9.86. The summed E-state index contributed by atoms with van der Waals surface area (Å²) in [5.74, 6) is 1.04. The zero-order valence-corrected chi connectivity index (χ0v) is 16.1. The fraction of sp³-hybridized carbons (Fsp3) is 0.600. The largest absolute Gasteiger partial charge is 0.355 e. The summed E-state index contributed by atoms with van der Waals surface area (Å²) in [7, 11) is 0. The Bertz CT molecular complexity index is 718. The Balaban J connectivity index is 1.44. The smallest absolute Gasteiger partial charge is 0.240 e. The molecule has 3 rings (SSSR count). The molecule has 6 nitrogen and oxygen atoms in total. The maximum absolute atomic E-state index is 12.4. The number of piperazine rings is 1. The maximum atomic E-state index is 12.4. The highest BCUT2D eigenvalue weighted by atomic mass is 16.1. The third-order valence-corrected chi connectivity index (χ3v) is 5.24. The van der Waals surface area contributed by atoms with Crippen molar-refractivity contribution < 1.29 is 4.79 Å². The zero-order valence-electron chi connectivity index (χ0n) is 16.1. The number of carbonyl (C=O) groups excluding carboxylic acids is 1. The van der Waals surface area contributed by atoms with E-state index >= 15 is 0 Å². The van der Waals surface area contributed by atoms with Gasteiger partial charge in [0, 0.05) is 39.1 Å². The van der Waals surface area contributed by atoms with Gasteiger partial charge in [-0.3, -0.25) is 4.79 Å². The minimum Gasteiger partial charge on any atom is -0.355 e. The molecule has 0 saturated carbocycles. The number of hydrogen-bond donors (Lipinski definition) is 1. The summed E-state index contributed by atoms with van der Waals surface area (Å²) in [6.07, 6.45) is 1.83. The number of benzene rings is 1. The van der Waals surface area contributed by atoms with Crippen LogP contribution in [0.5, 0.6) is 0 Å². The molecule has 1 saturated heterocycles. The Morgan fingerprint density at radius 1 is 1.12 bits per heavy atom. The topological polar surface area (TPSA) is 53.4 Å². The molecule has 1 N–H and O–H groups in total. The Labute approximate surface area is 156 Å². The molecule has 142 valence electrons. The monoisotopic (exact) mass is 357 g/mol. The fourth-order valence-corrected chi connectivity index (χ4v) is 3.63. The number of aromatic nitrogens is 2. The van der Waals surface area contributed by atoms with Crippen LogP contribution in [0.1, 0.15) is 26.1 Å². The van der Waals surface area contributed by atoms with Crippen LogP contribution >= 0.6 is 0 Å². The van der Waals surface area contributed by atoms with Crippen molar-refractivity contribution in [1.29, 1.82) is 0 Å². The van der Waals surface area contributed by atoms with Gasteiger partial charge in [0.25, 0.3) is 0 Å². The van der Waals surface area contributed by atoms with Gasteiger partial charge >= 0.3 is 0 Å². The van der Waals surface area contributed by atoms with Crippen molar-refractivity contribution in [3.05, 3.63) is 30.1 Å². The lowest BCUT2D eigenvalue weighted by molar-refractivity contribution is -0.121. The van der Waals surface area contributed by atoms with Crippen molar-refractivity contribution >= 4 is 16.9 Å². The molecule has 1 aromatic carbocycles. The van der Waals surface area contributed by atoms with Crippen molar-refractivity contribution in [2.75, 3.05) is 45.8 Å². The van der Waals surface area contributed by atoms with Crippen molar-refractivity contribution in [2.24, 2.45) is 0 Å². The predicted molar refractivity (Wildman–Crippen MR) is 105 cm³/mol. The van der Waals surface area contributed by atoms with E-state index in [0.29, 0.717) is 6.54 Å². The van der Waals surface area contributed by atoms with E-state index in [2.05, 4.69) is 33.9 Å². The standard InChI is InChI=1S/C20H31N5O/c1-3-19-22-17-8-5-6-9-18(17)25(19)16-20(26)21-10-7-11-24-14-12-23(4-2)13-15-24/h5-6,8-9H,3-4,7,10-16H2,1-2H3,(H,21,26). The van der Waals surface area contributed by atoms with Crippen LogP contribution in [-0.4, -0.2) is 71.1 Å². The first-order valence-electron chi connectivity index (χ1n) is 9.86. The van der Waals surface area contributed by atoms with Gasteiger partial charge in [-0.05, 0) is 31.6 Å². The van der Waals surface area contributed by atoms with Crippen LogP contribution < -0.4 is 5.32 Å². The van der Waals surface area contributed by atoms with Crippen LogP contribution in [0.25, 0.3) is 11.0 Å². The van der Waals surface area contributed by atoms with Crippen LogP contribution in [0, 0.1) is 0 Å². The average molecular weight is 358 g/mol. The molecule has 1 aliphatic rings. The minimum absolute atomic E-state index is 0.0682. The van der Waals surface area contributed by atoms with E-state index in [0.717, 1.165) is 75.5 Å². The summed E-state index contributed by atoms with van der Waals surface area (Å²) in [4.78, 5) is 22.0. The molecule has 2 heterocycles. The van der Waals surface area contributed by atoms with E-state index in [9.17, 15) is 4.79 Å². The molecule has 1 fully saturated rings. The van der Waals surface area contributed by atoms with Crippen molar-refractivity contribution in [2.45, 2.75) is 33.2 Å². The molecule has 0 atom stereocenters. The van der Waals surface area contributed by atoms with Gasteiger partial charge in [0.15, 0.2) is 0 Å². The van der Waals surface area contributed by atoms with E-state index < -0.39 is 0 Å². The lowest BCUT2D eigenvalue weighted by atomic mass is 10.3. The highest BCUT2D eigenvalue weighted by molar-refractivity contribution is 5.81. The van der Waals surface area contributed by atoms with Crippen LogP contribution in [0.2, 0.25) is 0 Å². The molecule has 0 radical (unpaired) electrons. The second kappa shape index (κ2) is 9.14. The number of aryl methyl sites for hydroxylation is 1. The number of rotatable bonds is 8. The molecular weight excluding hydrogens is 326 g/mol. The zero-order chi connectivity index (χ0) is 18.4. The van der Waals surface area contributed by atoms with E-state index in [1.165, 1.54) is 0 Å². The lowest BCUT2D eigenvalue weighted by Crippen LogP contribution is -2.46. The summed E-state index contributed by atoms with van der Waals surface area (Å²) >= 11 is 0. The Kier molecular flexibility index (Phi) is 6.63. The molecule has 1 amide bonds. The van der Waals surface area contributed by atoms with Gasteiger partial charge in [-0.1, -0.05) is 26.0 Å². The van der Waals surface area contributed by atoms with Crippen LogP contribution in [0.15, 0.2) is 24.3 Å².